The number of alkyl halides is 5. The zero-order chi connectivity index (χ0) is 23.7. The lowest BCUT2D eigenvalue weighted by Crippen LogP contribution is -2.61. The highest BCUT2D eigenvalue weighted by Gasteiger charge is 2.59. The Balaban J connectivity index is 1.75. The Morgan fingerprint density at radius 2 is 1.72 bits per heavy atom. The van der Waals surface area contributed by atoms with Crippen LogP contribution in [0.2, 0.25) is 0 Å². The Hall–Kier alpha value is -2.01. The highest BCUT2D eigenvalue weighted by molar-refractivity contribution is 5.62. The van der Waals surface area contributed by atoms with E-state index in [1.54, 1.807) is 11.8 Å². The van der Waals surface area contributed by atoms with Crippen molar-refractivity contribution in [2.24, 2.45) is 11.7 Å². The Bertz CT molecular complexity index is 1160. The number of likely N-dealkylation sites (tertiary alicyclic amines) is 1. The topological polar surface area (TPSA) is 84.1 Å². The molecule has 4 rings (SSSR count). The van der Waals surface area contributed by atoms with Gasteiger partial charge in [-0.15, -0.1) is 0 Å². The lowest BCUT2D eigenvalue weighted by molar-refractivity contribution is -0.215. The minimum atomic E-state index is -4.40. The number of nitrogens with one attached hydrogen (secondary N) is 1. The molecule has 3 N–H and O–H groups in total. The second-order valence-corrected chi connectivity index (χ2v) is 9.38. The summed E-state index contributed by atoms with van der Waals surface area (Å²) >= 11 is 0. The average Bonchev–Trinajstić information content (AvgIpc) is 3.41. The lowest BCUT2D eigenvalue weighted by Gasteiger charge is -2.36. The molecular formula is C21H27F5N4O2. The van der Waals surface area contributed by atoms with Crippen molar-refractivity contribution in [1.29, 1.82) is 0 Å². The molecule has 4 unspecified atom stereocenters. The number of nitrogens with zero attached hydrogens (tertiary/aromatic N) is 2. The molecule has 1 aromatic rings. The van der Waals surface area contributed by atoms with E-state index >= 15 is 4.39 Å². The summed E-state index contributed by atoms with van der Waals surface area (Å²) in [7, 11) is 0. The minimum absolute atomic E-state index is 0.0853. The third-order valence-corrected chi connectivity index (χ3v) is 7.12. The standard InChI is InChI=1S/C21H27F5N4O2/c1-9-13-15(30(12-4-5-12)19(32)28-18(13)31)10(2)16(14(9)22)29-7-6-11(8-29)17(27)21(25,26)20(3,23)24/h11-12,14,16-17H,4-8,27H2,1-3H3,(H,28,31,32). The van der Waals surface area contributed by atoms with Crippen molar-refractivity contribution < 1.29 is 22.0 Å². The third kappa shape index (κ3) is 3.44. The fourth-order valence-corrected chi connectivity index (χ4v) is 5.13. The minimum Gasteiger partial charge on any atom is -0.322 e. The Morgan fingerprint density at radius 3 is 2.28 bits per heavy atom. The van der Waals surface area contributed by atoms with Gasteiger partial charge in [0.15, 0.2) is 0 Å². The number of fused-ring (bicyclic) bond motifs is 1. The summed E-state index contributed by atoms with van der Waals surface area (Å²) in [6.07, 6.45) is 0.0158. The van der Waals surface area contributed by atoms with Gasteiger partial charge in [-0.25, -0.2) is 18.0 Å². The van der Waals surface area contributed by atoms with E-state index in [1.807, 2.05) is 0 Å². The molecule has 32 heavy (non-hydrogen) atoms. The summed E-state index contributed by atoms with van der Waals surface area (Å²) < 4.78 is 72.2. The molecule has 0 radical (unpaired) electrons. The van der Waals surface area contributed by atoms with E-state index in [1.165, 1.54) is 11.5 Å². The molecular weight excluding hydrogens is 435 g/mol. The normalized spacial score (nSPS) is 28.2. The summed E-state index contributed by atoms with van der Waals surface area (Å²) in [5.41, 5.74) is 4.95. The van der Waals surface area contributed by atoms with Crippen molar-refractivity contribution in [3.8, 4) is 0 Å². The fraction of sp³-hybridized carbons (Fsp3) is 0.714. The van der Waals surface area contributed by atoms with E-state index in [-0.39, 0.29) is 43.3 Å². The zero-order valence-corrected chi connectivity index (χ0v) is 18.1. The molecule has 0 amide bonds. The number of nitrogens with two attached hydrogens (primary N) is 1. The van der Waals surface area contributed by atoms with Gasteiger partial charge in [0, 0.05) is 19.5 Å². The van der Waals surface area contributed by atoms with Crippen LogP contribution in [0.3, 0.4) is 0 Å². The van der Waals surface area contributed by atoms with E-state index in [9.17, 15) is 27.2 Å². The first-order valence-electron chi connectivity index (χ1n) is 10.7. The summed E-state index contributed by atoms with van der Waals surface area (Å²) in [5.74, 6) is -9.63. The SMILES string of the molecule is CC1=c2c(=O)[nH]c(=O)n(C3CC3)c2=C(C)C(N2CCC(C(N)C(F)(F)C(C)(F)F)C2)C1F. The highest BCUT2D eigenvalue weighted by atomic mass is 19.3. The number of aromatic nitrogens is 2. The van der Waals surface area contributed by atoms with Crippen molar-refractivity contribution in [2.75, 3.05) is 13.1 Å². The number of halogens is 5. The number of hydrogen-bond acceptors (Lipinski definition) is 4. The molecule has 11 heteroatoms. The summed E-state index contributed by atoms with van der Waals surface area (Å²) in [6, 6.07) is -3.07. The summed E-state index contributed by atoms with van der Waals surface area (Å²) in [4.78, 5) is 28.9. The first-order chi connectivity index (χ1) is 14.8. The van der Waals surface area contributed by atoms with Gasteiger partial charge in [0.25, 0.3) is 5.56 Å². The number of aromatic amines is 1. The molecule has 4 atom stereocenters. The summed E-state index contributed by atoms with van der Waals surface area (Å²) in [5, 5.41) is 0.498. The molecule has 1 aliphatic heterocycles. The molecule has 2 fully saturated rings. The van der Waals surface area contributed by atoms with Crippen LogP contribution in [-0.4, -0.2) is 57.6 Å². The van der Waals surface area contributed by atoms with Gasteiger partial charge in [0.05, 0.1) is 22.7 Å². The van der Waals surface area contributed by atoms with Crippen molar-refractivity contribution >= 4 is 11.1 Å². The van der Waals surface area contributed by atoms with Crippen molar-refractivity contribution in [1.82, 2.24) is 14.5 Å². The Kier molecular flexibility index (Phi) is 5.44. The smallest absolute Gasteiger partial charge is 0.322 e. The van der Waals surface area contributed by atoms with Gasteiger partial charge >= 0.3 is 17.5 Å². The number of H-pyrrole nitrogens is 1. The summed E-state index contributed by atoms with van der Waals surface area (Å²) in [6.45, 7) is 3.34. The van der Waals surface area contributed by atoms with Crippen LogP contribution < -0.4 is 27.6 Å². The molecule has 1 aromatic heterocycles. The fourth-order valence-electron chi connectivity index (χ4n) is 5.13. The molecule has 6 nitrogen and oxygen atoms in total. The second-order valence-electron chi connectivity index (χ2n) is 9.38. The van der Waals surface area contributed by atoms with Crippen LogP contribution in [0, 0.1) is 5.92 Å². The van der Waals surface area contributed by atoms with Gasteiger partial charge in [-0.2, -0.15) is 8.78 Å². The van der Waals surface area contributed by atoms with E-state index in [2.05, 4.69) is 4.98 Å². The molecule has 2 heterocycles. The molecule has 0 spiro atoms. The van der Waals surface area contributed by atoms with Crippen molar-refractivity contribution in [3.05, 3.63) is 31.4 Å². The monoisotopic (exact) mass is 462 g/mol. The molecule has 1 saturated carbocycles. The van der Waals surface area contributed by atoms with Crippen LogP contribution in [-0.2, 0) is 0 Å². The maximum absolute atomic E-state index is 15.6. The average molecular weight is 462 g/mol. The lowest BCUT2D eigenvalue weighted by atomic mass is 9.89. The van der Waals surface area contributed by atoms with Crippen LogP contribution in [0.1, 0.15) is 46.1 Å². The van der Waals surface area contributed by atoms with Crippen molar-refractivity contribution in [3.63, 3.8) is 0 Å². The Labute approximate surface area is 180 Å². The van der Waals surface area contributed by atoms with Crippen LogP contribution in [0.25, 0.3) is 11.1 Å². The van der Waals surface area contributed by atoms with Gasteiger partial charge in [-0.05, 0) is 56.7 Å². The van der Waals surface area contributed by atoms with Crippen LogP contribution in [0.5, 0.6) is 0 Å². The third-order valence-electron chi connectivity index (χ3n) is 7.12. The predicted octanol–water partition coefficient (Wildman–Crippen LogP) is 0.873. The maximum atomic E-state index is 15.6. The van der Waals surface area contributed by atoms with Crippen molar-refractivity contribution in [2.45, 2.75) is 76.2 Å². The molecule has 1 saturated heterocycles. The molecule has 0 aromatic carbocycles. The van der Waals surface area contributed by atoms with Crippen LogP contribution >= 0.6 is 0 Å². The molecule has 3 aliphatic rings. The number of hydrogen-bond donors (Lipinski definition) is 2. The maximum Gasteiger partial charge on any atom is 0.329 e. The number of rotatable bonds is 5. The first kappa shape index (κ1) is 23.2. The first-order valence-corrected chi connectivity index (χ1v) is 10.7. The molecule has 178 valence electrons. The zero-order valence-electron chi connectivity index (χ0n) is 18.1. The highest BCUT2D eigenvalue weighted by Crippen LogP contribution is 2.41. The van der Waals surface area contributed by atoms with Gasteiger partial charge in [-0.1, -0.05) is 0 Å². The van der Waals surface area contributed by atoms with Gasteiger partial charge < -0.3 is 5.73 Å². The predicted molar refractivity (Wildman–Crippen MR) is 109 cm³/mol. The van der Waals surface area contributed by atoms with E-state index < -0.39 is 47.3 Å². The van der Waals surface area contributed by atoms with E-state index in [0.29, 0.717) is 10.9 Å². The quantitative estimate of drug-likeness (QED) is 0.637. The van der Waals surface area contributed by atoms with Gasteiger partial charge in [0.2, 0.25) is 0 Å². The van der Waals surface area contributed by atoms with E-state index in [0.717, 1.165) is 12.8 Å². The van der Waals surface area contributed by atoms with Gasteiger partial charge in [-0.3, -0.25) is 19.2 Å². The Morgan fingerprint density at radius 1 is 1.09 bits per heavy atom. The van der Waals surface area contributed by atoms with E-state index in [4.69, 9.17) is 5.73 Å². The second kappa shape index (κ2) is 7.51. The largest absolute Gasteiger partial charge is 0.329 e. The van der Waals surface area contributed by atoms with Gasteiger partial charge in [0.1, 0.15) is 6.17 Å². The van der Waals surface area contributed by atoms with Crippen LogP contribution in [0.15, 0.2) is 9.59 Å². The molecule has 0 bridgehead atoms. The van der Waals surface area contributed by atoms with Crippen LogP contribution in [0.4, 0.5) is 22.0 Å². The molecule has 2 aliphatic carbocycles.